The summed E-state index contributed by atoms with van der Waals surface area (Å²) in [5, 5.41) is 0. The highest BCUT2D eigenvalue weighted by molar-refractivity contribution is 7.99. The third-order valence-corrected chi connectivity index (χ3v) is 4.35. The molecule has 1 aliphatic heterocycles. The summed E-state index contributed by atoms with van der Waals surface area (Å²) < 4.78 is 18.8. The summed E-state index contributed by atoms with van der Waals surface area (Å²) in [5.41, 5.74) is 0.160. The number of methoxy groups -OCH3 is 1. The zero-order valence-electron chi connectivity index (χ0n) is 10.4. The maximum atomic E-state index is 13.9. The molecule has 1 aromatic carbocycles. The quantitative estimate of drug-likeness (QED) is 0.781. The van der Waals surface area contributed by atoms with Crippen LogP contribution in [-0.2, 0) is 0 Å². The Morgan fingerprint density at radius 3 is 2.83 bits per heavy atom. The average molecular weight is 268 g/mol. The molecule has 1 saturated heterocycles. The van der Waals surface area contributed by atoms with Crippen LogP contribution in [0.25, 0.3) is 0 Å². The van der Waals surface area contributed by atoms with E-state index in [9.17, 15) is 9.18 Å². The summed E-state index contributed by atoms with van der Waals surface area (Å²) in [7, 11) is 1.41. The van der Waals surface area contributed by atoms with Crippen LogP contribution in [-0.4, -0.2) is 24.4 Å². The van der Waals surface area contributed by atoms with Crippen molar-refractivity contribution in [3.8, 4) is 5.75 Å². The van der Waals surface area contributed by atoms with E-state index in [0.717, 1.165) is 24.3 Å². The normalized spacial score (nSPS) is 16.6. The van der Waals surface area contributed by atoms with Crippen LogP contribution in [0.15, 0.2) is 18.2 Å². The lowest BCUT2D eigenvalue weighted by Crippen LogP contribution is -2.15. The first-order valence-electron chi connectivity index (χ1n) is 6.16. The molecule has 98 valence electrons. The molecule has 1 heterocycles. The number of carbonyl (C=O) groups is 1. The van der Waals surface area contributed by atoms with E-state index in [2.05, 4.69) is 0 Å². The topological polar surface area (TPSA) is 26.3 Å². The molecule has 0 aliphatic carbocycles. The van der Waals surface area contributed by atoms with Crippen LogP contribution in [0, 0.1) is 11.7 Å². The molecular weight excluding hydrogens is 251 g/mol. The fourth-order valence-corrected chi connectivity index (χ4v) is 3.41. The number of halogens is 1. The van der Waals surface area contributed by atoms with Crippen LogP contribution in [0.3, 0.4) is 0 Å². The molecule has 0 radical (unpaired) electrons. The van der Waals surface area contributed by atoms with Crippen LogP contribution in [0.5, 0.6) is 5.75 Å². The van der Waals surface area contributed by atoms with E-state index < -0.39 is 5.82 Å². The van der Waals surface area contributed by atoms with Gasteiger partial charge in [-0.2, -0.15) is 11.8 Å². The van der Waals surface area contributed by atoms with Crippen molar-refractivity contribution in [1.82, 2.24) is 0 Å². The molecule has 0 unspecified atom stereocenters. The number of thioether (sulfide) groups is 1. The monoisotopic (exact) mass is 268 g/mol. The van der Waals surface area contributed by atoms with E-state index in [1.807, 2.05) is 11.8 Å². The molecule has 0 atom stereocenters. The van der Waals surface area contributed by atoms with Gasteiger partial charge in [0.1, 0.15) is 0 Å². The SMILES string of the molecule is COc1cccc(C(=O)CC2CCSCC2)c1F. The van der Waals surface area contributed by atoms with Gasteiger partial charge in [0.25, 0.3) is 0 Å². The lowest BCUT2D eigenvalue weighted by atomic mass is 9.93. The molecule has 0 aromatic heterocycles. The van der Waals surface area contributed by atoms with Crippen molar-refractivity contribution < 1.29 is 13.9 Å². The maximum absolute atomic E-state index is 13.9. The summed E-state index contributed by atoms with van der Waals surface area (Å²) in [5.74, 6) is 2.12. The summed E-state index contributed by atoms with van der Waals surface area (Å²) >= 11 is 1.93. The Kier molecular flexibility index (Phi) is 4.64. The van der Waals surface area contributed by atoms with E-state index in [1.54, 1.807) is 6.07 Å². The molecular formula is C14H17FO2S. The van der Waals surface area contributed by atoms with Gasteiger partial charge in [0.2, 0.25) is 0 Å². The Morgan fingerprint density at radius 1 is 1.44 bits per heavy atom. The molecule has 0 N–H and O–H groups in total. The molecule has 0 saturated carbocycles. The predicted molar refractivity (Wildman–Crippen MR) is 71.9 cm³/mol. The Balaban J connectivity index is 2.08. The smallest absolute Gasteiger partial charge is 0.175 e. The van der Waals surface area contributed by atoms with E-state index in [4.69, 9.17) is 4.74 Å². The highest BCUT2D eigenvalue weighted by Gasteiger charge is 2.21. The van der Waals surface area contributed by atoms with Crippen LogP contribution in [0.4, 0.5) is 4.39 Å². The van der Waals surface area contributed by atoms with Gasteiger partial charge in [0, 0.05) is 6.42 Å². The second-order valence-electron chi connectivity index (χ2n) is 4.50. The first kappa shape index (κ1) is 13.4. The molecule has 1 aromatic rings. The van der Waals surface area contributed by atoms with Gasteiger partial charge < -0.3 is 4.74 Å². The van der Waals surface area contributed by atoms with Gasteiger partial charge in [-0.1, -0.05) is 6.07 Å². The zero-order chi connectivity index (χ0) is 13.0. The Hall–Kier alpha value is -1.03. The van der Waals surface area contributed by atoms with Crippen molar-refractivity contribution in [2.45, 2.75) is 19.3 Å². The molecule has 4 heteroatoms. The lowest BCUT2D eigenvalue weighted by molar-refractivity contribution is 0.0954. The second kappa shape index (κ2) is 6.23. The van der Waals surface area contributed by atoms with Crippen LogP contribution in [0.1, 0.15) is 29.6 Å². The van der Waals surface area contributed by atoms with Gasteiger partial charge in [0.15, 0.2) is 17.3 Å². The van der Waals surface area contributed by atoms with E-state index in [0.29, 0.717) is 12.3 Å². The third kappa shape index (κ3) is 3.05. The van der Waals surface area contributed by atoms with Crippen molar-refractivity contribution in [3.63, 3.8) is 0 Å². The molecule has 2 nitrogen and oxygen atoms in total. The van der Waals surface area contributed by atoms with E-state index in [1.165, 1.54) is 19.2 Å². The van der Waals surface area contributed by atoms with Gasteiger partial charge in [-0.05, 0) is 42.4 Å². The predicted octanol–water partition coefficient (Wildman–Crippen LogP) is 3.55. The van der Waals surface area contributed by atoms with Gasteiger partial charge in [-0.3, -0.25) is 4.79 Å². The molecule has 0 bridgehead atoms. The summed E-state index contributed by atoms with van der Waals surface area (Å²) in [4.78, 5) is 12.1. The third-order valence-electron chi connectivity index (χ3n) is 3.30. The molecule has 2 rings (SSSR count). The van der Waals surface area contributed by atoms with Crippen LogP contribution >= 0.6 is 11.8 Å². The fraction of sp³-hybridized carbons (Fsp3) is 0.500. The van der Waals surface area contributed by atoms with Crippen molar-refractivity contribution in [2.24, 2.45) is 5.92 Å². The van der Waals surface area contributed by atoms with Crippen molar-refractivity contribution in [2.75, 3.05) is 18.6 Å². The van der Waals surface area contributed by atoms with Crippen molar-refractivity contribution >= 4 is 17.5 Å². The first-order chi connectivity index (χ1) is 8.72. The summed E-state index contributed by atoms with van der Waals surface area (Å²) in [6, 6.07) is 4.73. The number of hydrogen-bond donors (Lipinski definition) is 0. The van der Waals surface area contributed by atoms with Crippen molar-refractivity contribution in [3.05, 3.63) is 29.6 Å². The van der Waals surface area contributed by atoms with Crippen LogP contribution in [0.2, 0.25) is 0 Å². The molecule has 0 amide bonds. The number of rotatable bonds is 4. The maximum Gasteiger partial charge on any atom is 0.175 e. The summed E-state index contributed by atoms with van der Waals surface area (Å²) in [6.07, 6.45) is 2.56. The fourth-order valence-electron chi connectivity index (χ4n) is 2.21. The van der Waals surface area contributed by atoms with E-state index >= 15 is 0 Å². The minimum absolute atomic E-state index is 0.108. The average Bonchev–Trinajstić information content (AvgIpc) is 2.40. The number of carbonyl (C=O) groups excluding carboxylic acids is 1. The van der Waals surface area contributed by atoms with Gasteiger partial charge in [-0.25, -0.2) is 4.39 Å². The number of hydrogen-bond acceptors (Lipinski definition) is 3. The number of ketones is 1. The first-order valence-corrected chi connectivity index (χ1v) is 7.31. The molecule has 1 fully saturated rings. The number of ether oxygens (including phenoxy) is 1. The van der Waals surface area contributed by atoms with Crippen LogP contribution < -0.4 is 4.74 Å². The highest BCUT2D eigenvalue weighted by atomic mass is 32.2. The lowest BCUT2D eigenvalue weighted by Gasteiger charge is -2.20. The minimum Gasteiger partial charge on any atom is -0.494 e. The Bertz CT molecular complexity index is 428. The standard InChI is InChI=1S/C14H17FO2S/c1-17-13-4-2-3-11(14(13)15)12(16)9-10-5-7-18-8-6-10/h2-4,10H,5-9H2,1H3. The van der Waals surface area contributed by atoms with Gasteiger partial charge in [-0.15, -0.1) is 0 Å². The zero-order valence-corrected chi connectivity index (χ0v) is 11.3. The Labute approximate surface area is 111 Å². The molecule has 18 heavy (non-hydrogen) atoms. The molecule has 1 aliphatic rings. The Morgan fingerprint density at radius 2 is 2.17 bits per heavy atom. The number of Topliss-reactive ketones (excluding diaryl/α,β-unsaturated/α-hetero) is 1. The van der Waals surface area contributed by atoms with Gasteiger partial charge >= 0.3 is 0 Å². The van der Waals surface area contributed by atoms with Gasteiger partial charge in [0.05, 0.1) is 12.7 Å². The minimum atomic E-state index is -0.532. The number of benzene rings is 1. The molecule has 0 spiro atoms. The second-order valence-corrected chi connectivity index (χ2v) is 5.73. The van der Waals surface area contributed by atoms with Crippen molar-refractivity contribution in [1.29, 1.82) is 0 Å². The summed E-state index contributed by atoms with van der Waals surface area (Å²) in [6.45, 7) is 0. The largest absolute Gasteiger partial charge is 0.494 e. The van der Waals surface area contributed by atoms with E-state index in [-0.39, 0.29) is 17.1 Å². The highest BCUT2D eigenvalue weighted by Crippen LogP contribution is 2.28.